The van der Waals surface area contributed by atoms with Gasteiger partial charge < -0.3 is 4.90 Å². The van der Waals surface area contributed by atoms with Crippen LogP contribution in [0.15, 0.2) is 48.7 Å². The van der Waals surface area contributed by atoms with Gasteiger partial charge in [0.1, 0.15) is 6.04 Å². The van der Waals surface area contributed by atoms with Crippen molar-refractivity contribution in [3.63, 3.8) is 0 Å². The van der Waals surface area contributed by atoms with E-state index in [0.717, 1.165) is 22.3 Å². The summed E-state index contributed by atoms with van der Waals surface area (Å²) in [5, 5.41) is 9.84. The van der Waals surface area contributed by atoms with Crippen LogP contribution in [0.2, 0.25) is 0 Å². The van der Waals surface area contributed by atoms with Gasteiger partial charge in [-0.15, -0.1) is 0 Å². The molecule has 2 aromatic rings. The number of hydrogen-bond acceptors (Lipinski definition) is 4. The molecule has 2 saturated heterocycles. The van der Waals surface area contributed by atoms with Gasteiger partial charge in [-0.05, 0) is 54.3 Å². The average molecular weight is 369 g/mol. The van der Waals surface area contributed by atoms with Crippen LogP contribution in [0.25, 0.3) is 6.08 Å². The molecular weight excluding hydrogens is 350 g/mol. The van der Waals surface area contributed by atoms with E-state index < -0.39 is 17.9 Å². The largest absolute Gasteiger partial charge is 0.353 e. The van der Waals surface area contributed by atoms with Crippen molar-refractivity contribution in [1.82, 2.24) is 4.90 Å². The number of imide groups is 1. The number of carbonyl (C=O) groups is 2. The lowest BCUT2D eigenvalue weighted by molar-refractivity contribution is -0.123. The Morgan fingerprint density at radius 3 is 2.36 bits per heavy atom. The van der Waals surface area contributed by atoms with Crippen molar-refractivity contribution in [1.29, 1.82) is 5.26 Å². The fraction of sp³-hybridized carbons (Fsp3) is 0.261. The van der Waals surface area contributed by atoms with Gasteiger partial charge in [0.05, 0.1) is 29.6 Å². The Morgan fingerprint density at radius 2 is 1.64 bits per heavy atom. The molecule has 0 bridgehead atoms. The van der Waals surface area contributed by atoms with E-state index >= 15 is 0 Å². The molecule has 0 saturated carbocycles. The van der Waals surface area contributed by atoms with E-state index in [4.69, 9.17) is 0 Å². The number of benzene rings is 2. The SMILES string of the molecule is Cc1cc(C)cc(N2C(=O)[C@@H]3[C@H](C2=O)[C@H]2c4ccccc4C=CN2[C@H]3C#N)c1. The maximum Gasteiger partial charge on any atom is 0.240 e. The Hall–Kier alpha value is -3.39. The van der Waals surface area contributed by atoms with Gasteiger partial charge in [0.25, 0.3) is 0 Å². The van der Waals surface area contributed by atoms with E-state index in [-0.39, 0.29) is 17.9 Å². The molecule has 0 radical (unpaired) electrons. The van der Waals surface area contributed by atoms with Gasteiger partial charge in [0.2, 0.25) is 11.8 Å². The molecule has 5 rings (SSSR count). The molecule has 2 amide bonds. The van der Waals surface area contributed by atoms with Gasteiger partial charge in [-0.1, -0.05) is 30.3 Å². The Morgan fingerprint density at radius 1 is 0.964 bits per heavy atom. The van der Waals surface area contributed by atoms with Gasteiger partial charge >= 0.3 is 0 Å². The number of anilines is 1. The molecule has 138 valence electrons. The highest BCUT2D eigenvalue weighted by Gasteiger charge is 2.63. The van der Waals surface area contributed by atoms with Gasteiger partial charge in [-0.3, -0.25) is 9.59 Å². The van der Waals surface area contributed by atoms with Crippen molar-refractivity contribution in [3.8, 4) is 6.07 Å². The van der Waals surface area contributed by atoms with E-state index in [9.17, 15) is 14.9 Å². The standard InChI is InChI=1S/C23H19N3O2/c1-13-9-14(2)11-16(10-13)26-22(27)19-18(12-24)25-8-7-15-5-3-4-6-17(15)21(25)20(19)23(26)28/h3-11,18-21H,1-2H3/t18-,19-,20-,21+/m0/s1. The third-order valence-electron chi connectivity index (χ3n) is 6.06. The van der Waals surface area contributed by atoms with Gasteiger partial charge in [-0.25, -0.2) is 4.90 Å². The predicted octanol–water partition coefficient (Wildman–Crippen LogP) is 3.34. The second kappa shape index (κ2) is 5.80. The molecular formula is C23H19N3O2. The minimum atomic E-state index is -0.654. The Bertz CT molecular complexity index is 1080. The molecule has 2 fully saturated rings. The van der Waals surface area contributed by atoms with Crippen LogP contribution >= 0.6 is 0 Å². The third-order valence-corrected chi connectivity index (χ3v) is 6.06. The number of hydrogen-bond donors (Lipinski definition) is 0. The number of carbonyl (C=O) groups excluding carboxylic acids is 2. The number of aryl methyl sites for hydroxylation is 2. The smallest absolute Gasteiger partial charge is 0.240 e. The van der Waals surface area contributed by atoms with E-state index in [1.807, 2.05) is 73.5 Å². The number of amides is 2. The van der Waals surface area contributed by atoms with Gasteiger partial charge in [-0.2, -0.15) is 5.26 Å². The summed E-state index contributed by atoms with van der Waals surface area (Å²) in [5.41, 5.74) is 4.63. The van der Waals surface area contributed by atoms with Gasteiger partial charge in [0.15, 0.2) is 0 Å². The van der Waals surface area contributed by atoms with Crippen LogP contribution in [0.3, 0.4) is 0 Å². The molecule has 3 aliphatic rings. The zero-order valence-electron chi connectivity index (χ0n) is 15.7. The quantitative estimate of drug-likeness (QED) is 0.723. The number of rotatable bonds is 1. The first-order valence-electron chi connectivity index (χ1n) is 9.41. The van der Waals surface area contributed by atoms with Gasteiger partial charge in [0, 0.05) is 6.20 Å². The topological polar surface area (TPSA) is 64.4 Å². The molecule has 28 heavy (non-hydrogen) atoms. The van der Waals surface area contributed by atoms with Crippen molar-refractivity contribution >= 4 is 23.6 Å². The minimum Gasteiger partial charge on any atom is -0.353 e. The monoisotopic (exact) mass is 369 g/mol. The molecule has 5 nitrogen and oxygen atoms in total. The Labute approximate surface area is 163 Å². The molecule has 5 heteroatoms. The molecule has 0 spiro atoms. The third kappa shape index (κ3) is 2.12. The van der Waals surface area contributed by atoms with Crippen molar-refractivity contribution in [2.75, 3.05) is 4.90 Å². The number of fused-ring (bicyclic) bond motifs is 5. The lowest BCUT2D eigenvalue weighted by Crippen LogP contribution is -2.40. The summed E-state index contributed by atoms with van der Waals surface area (Å²) in [6.07, 6.45) is 3.81. The molecule has 0 aromatic heterocycles. The fourth-order valence-corrected chi connectivity index (χ4v) is 5.04. The second-order valence-corrected chi connectivity index (χ2v) is 7.82. The molecule has 0 N–H and O–H groups in total. The van der Waals surface area contributed by atoms with Crippen molar-refractivity contribution in [3.05, 3.63) is 70.9 Å². The fourth-order valence-electron chi connectivity index (χ4n) is 5.04. The minimum absolute atomic E-state index is 0.210. The Balaban J connectivity index is 1.65. The first-order chi connectivity index (χ1) is 13.5. The average Bonchev–Trinajstić information content (AvgIpc) is 3.13. The van der Waals surface area contributed by atoms with E-state index in [0.29, 0.717) is 5.69 Å². The molecule has 4 atom stereocenters. The first-order valence-corrected chi connectivity index (χ1v) is 9.41. The maximum atomic E-state index is 13.5. The highest BCUT2D eigenvalue weighted by molar-refractivity contribution is 6.23. The molecule has 2 aromatic carbocycles. The van der Waals surface area contributed by atoms with Crippen molar-refractivity contribution in [2.45, 2.75) is 25.9 Å². The predicted molar refractivity (Wildman–Crippen MR) is 105 cm³/mol. The van der Waals surface area contributed by atoms with E-state index in [1.54, 1.807) is 0 Å². The summed E-state index contributed by atoms with van der Waals surface area (Å²) >= 11 is 0. The van der Waals surface area contributed by atoms with Crippen molar-refractivity contribution in [2.24, 2.45) is 11.8 Å². The van der Waals surface area contributed by atoms with Crippen LogP contribution < -0.4 is 4.90 Å². The van der Waals surface area contributed by atoms with Crippen molar-refractivity contribution < 1.29 is 9.59 Å². The van der Waals surface area contributed by atoms with E-state index in [2.05, 4.69) is 6.07 Å². The first kappa shape index (κ1) is 16.8. The summed E-state index contributed by atoms with van der Waals surface area (Å²) in [6, 6.07) is 15.0. The second-order valence-electron chi connectivity index (χ2n) is 7.82. The molecule has 0 aliphatic carbocycles. The number of nitriles is 1. The number of nitrogens with zero attached hydrogens (tertiary/aromatic N) is 3. The summed E-state index contributed by atoms with van der Waals surface area (Å²) in [5.74, 6) is -1.69. The van der Waals surface area contributed by atoms with Crippen LogP contribution in [0.1, 0.15) is 28.3 Å². The molecule has 3 aliphatic heterocycles. The Kier molecular flexibility index (Phi) is 3.47. The van der Waals surface area contributed by atoms with Crippen LogP contribution in [-0.2, 0) is 9.59 Å². The zero-order chi connectivity index (χ0) is 19.6. The van der Waals surface area contributed by atoms with E-state index in [1.165, 1.54) is 4.90 Å². The lowest BCUT2D eigenvalue weighted by atomic mass is 9.85. The highest BCUT2D eigenvalue weighted by atomic mass is 16.2. The van der Waals surface area contributed by atoms with Crippen LogP contribution in [0.4, 0.5) is 5.69 Å². The van der Waals surface area contributed by atoms with Crippen LogP contribution in [-0.4, -0.2) is 22.8 Å². The maximum absolute atomic E-state index is 13.5. The lowest BCUT2D eigenvalue weighted by Gasteiger charge is -2.33. The molecule has 3 heterocycles. The summed E-state index contributed by atoms with van der Waals surface area (Å²) < 4.78 is 0. The van der Waals surface area contributed by atoms with Crippen LogP contribution in [0.5, 0.6) is 0 Å². The molecule has 0 unspecified atom stereocenters. The summed E-state index contributed by atoms with van der Waals surface area (Å²) in [7, 11) is 0. The summed E-state index contributed by atoms with van der Waals surface area (Å²) in [6.45, 7) is 3.90. The summed E-state index contributed by atoms with van der Waals surface area (Å²) in [4.78, 5) is 30.0. The normalized spacial score (nSPS) is 27.5. The zero-order valence-corrected chi connectivity index (χ0v) is 15.7. The highest BCUT2D eigenvalue weighted by Crippen LogP contribution is 2.52. The van der Waals surface area contributed by atoms with Crippen LogP contribution in [0, 0.1) is 37.0 Å².